The van der Waals surface area contributed by atoms with Crippen molar-refractivity contribution in [2.45, 2.75) is 32.8 Å². The molecule has 0 saturated carbocycles. The zero-order chi connectivity index (χ0) is 17.6. The molecule has 0 aliphatic carbocycles. The molecule has 1 aromatic rings. The minimum absolute atomic E-state index is 0.0845. The first kappa shape index (κ1) is 18.2. The number of ether oxygens (including phenoxy) is 1. The largest absolute Gasteiger partial charge is 0.374 e. The summed E-state index contributed by atoms with van der Waals surface area (Å²) in [7, 11) is 0. The van der Waals surface area contributed by atoms with E-state index in [1.807, 2.05) is 6.07 Å². The van der Waals surface area contributed by atoms with Crippen LogP contribution in [0.25, 0.3) is 0 Å². The Morgan fingerprint density at radius 3 is 3.00 bits per heavy atom. The normalized spacial score (nSPS) is 21.2. The van der Waals surface area contributed by atoms with E-state index < -0.39 is 0 Å². The number of morpholine rings is 1. The van der Waals surface area contributed by atoms with Crippen LogP contribution in [0.4, 0.5) is 5.69 Å². The van der Waals surface area contributed by atoms with Gasteiger partial charge in [-0.05, 0) is 30.4 Å². The Morgan fingerprint density at radius 2 is 2.16 bits per heavy atom. The van der Waals surface area contributed by atoms with E-state index in [0.29, 0.717) is 19.0 Å². The van der Waals surface area contributed by atoms with Crippen LogP contribution in [0.1, 0.15) is 25.8 Å². The molecule has 1 saturated heterocycles. The minimum atomic E-state index is 0.0845. The highest BCUT2D eigenvalue weighted by atomic mass is 16.5. The highest BCUT2D eigenvalue weighted by Gasteiger charge is 2.23. The first-order chi connectivity index (χ1) is 12.1. The van der Waals surface area contributed by atoms with Gasteiger partial charge in [0.1, 0.15) is 0 Å². The van der Waals surface area contributed by atoms with Crippen LogP contribution in [0.2, 0.25) is 0 Å². The van der Waals surface area contributed by atoms with Crippen molar-refractivity contribution in [2.24, 2.45) is 5.92 Å². The number of aryl methyl sites for hydroxylation is 1. The predicted octanol–water partition coefficient (Wildman–Crippen LogP) is 1.91. The monoisotopic (exact) mass is 345 g/mol. The molecule has 3 rings (SSSR count). The maximum atomic E-state index is 12.4. The van der Waals surface area contributed by atoms with Gasteiger partial charge in [0, 0.05) is 38.4 Å². The van der Waals surface area contributed by atoms with Crippen LogP contribution in [0.5, 0.6) is 0 Å². The van der Waals surface area contributed by atoms with E-state index in [2.05, 4.69) is 47.2 Å². The van der Waals surface area contributed by atoms with Gasteiger partial charge in [0.05, 0.1) is 19.3 Å². The van der Waals surface area contributed by atoms with Crippen molar-refractivity contribution in [1.82, 2.24) is 10.2 Å². The molecule has 138 valence electrons. The number of rotatable bonds is 6. The molecule has 0 aromatic heterocycles. The molecule has 0 unspecified atom stereocenters. The second-order valence-electron chi connectivity index (χ2n) is 7.60. The fourth-order valence-corrected chi connectivity index (χ4v) is 3.82. The molecule has 5 nitrogen and oxygen atoms in total. The molecule has 1 N–H and O–H groups in total. The number of benzene rings is 1. The first-order valence-electron chi connectivity index (χ1n) is 9.55. The summed E-state index contributed by atoms with van der Waals surface area (Å²) in [5, 5.41) is 3.07. The van der Waals surface area contributed by atoms with Gasteiger partial charge in [-0.3, -0.25) is 9.69 Å². The lowest BCUT2D eigenvalue weighted by molar-refractivity contribution is -0.121. The molecule has 2 aliphatic rings. The number of nitrogens with zero attached hydrogens (tertiary/aromatic N) is 2. The number of fused-ring (bicyclic) bond motifs is 1. The molecule has 1 aromatic carbocycles. The van der Waals surface area contributed by atoms with Gasteiger partial charge in [-0.15, -0.1) is 0 Å². The maximum absolute atomic E-state index is 12.4. The molecule has 2 heterocycles. The smallest absolute Gasteiger partial charge is 0.239 e. The lowest BCUT2D eigenvalue weighted by Crippen LogP contribution is -2.49. The van der Waals surface area contributed by atoms with E-state index in [1.54, 1.807) is 0 Å². The number of hydrogen-bond donors (Lipinski definition) is 1. The number of nitrogens with one attached hydrogen (secondary N) is 1. The summed E-state index contributed by atoms with van der Waals surface area (Å²) < 4.78 is 5.82. The van der Waals surface area contributed by atoms with E-state index in [0.717, 1.165) is 45.6 Å². The van der Waals surface area contributed by atoms with Crippen LogP contribution in [0, 0.1) is 5.92 Å². The van der Waals surface area contributed by atoms with E-state index in [-0.39, 0.29) is 12.0 Å². The van der Waals surface area contributed by atoms with Gasteiger partial charge in [0.15, 0.2) is 0 Å². The van der Waals surface area contributed by atoms with Crippen LogP contribution >= 0.6 is 0 Å². The molecular formula is C20H31N3O2. The average molecular weight is 345 g/mol. The lowest BCUT2D eigenvalue weighted by Gasteiger charge is -2.34. The third kappa shape index (κ3) is 5.19. The van der Waals surface area contributed by atoms with Gasteiger partial charge in [0.25, 0.3) is 0 Å². The Morgan fingerprint density at radius 1 is 1.32 bits per heavy atom. The van der Waals surface area contributed by atoms with Gasteiger partial charge in [-0.2, -0.15) is 0 Å². The Balaban J connectivity index is 1.46. The van der Waals surface area contributed by atoms with E-state index in [9.17, 15) is 4.79 Å². The summed E-state index contributed by atoms with van der Waals surface area (Å²) in [6.07, 6.45) is 2.32. The quantitative estimate of drug-likeness (QED) is 0.855. The molecular weight excluding hydrogens is 314 g/mol. The van der Waals surface area contributed by atoms with Crippen molar-refractivity contribution < 1.29 is 9.53 Å². The second kappa shape index (κ2) is 8.68. The van der Waals surface area contributed by atoms with Crippen LogP contribution in [0.3, 0.4) is 0 Å². The third-order valence-electron chi connectivity index (χ3n) is 4.91. The zero-order valence-electron chi connectivity index (χ0n) is 15.5. The number of hydrogen-bond acceptors (Lipinski definition) is 4. The fraction of sp³-hybridized carbons (Fsp3) is 0.650. The van der Waals surface area contributed by atoms with Crippen molar-refractivity contribution >= 4 is 11.6 Å². The van der Waals surface area contributed by atoms with E-state index in [1.165, 1.54) is 11.3 Å². The zero-order valence-corrected chi connectivity index (χ0v) is 15.5. The second-order valence-corrected chi connectivity index (χ2v) is 7.60. The molecule has 1 fully saturated rings. The number of anilines is 1. The number of carbonyl (C=O) groups excluding carboxylic acids is 1. The number of carbonyl (C=O) groups is 1. The molecule has 5 heteroatoms. The molecule has 2 aliphatic heterocycles. The van der Waals surface area contributed by atoms with Gasteiger partial charge in [-0.1, -0.05) is 32.0 Å². The van der Waals surface area contributed by atoms with Crippen LogP contribution in [-0.4, -0.2) is 62.8 Å². The Labute approximate surface area is 151 Å². The highest BCUT2D eigenvalue weighted by Crippen LogP contribution is 2.26. The average Bonchev–Trinajstić information content (AvgIpc) is 2.60. The number of para-hydroxylation sites is 1. The summed E-state index contributed by atoms with van der Waals surface area (Å²) in [5.74, 6) is 0.744. The maximum Gasteiger partial charge on any atom is 0.239 e. The first-order valence-corrected chi connectivity index (χ1v) is 9.55. The SMILES string of the molecule is CC(C)CN1CCO[C@H](CNC(=O)CN2CCCc3ccccc32)C1. The molecule has 0 bridgehead atoms. The Hall–Kier alpha value is -1.59. The van der Waals surface area contributed by atoms with Crippen molar-refractivity contribution in [3.8, 4) is 0 Å². The van der Waals surface area contributed by atoms with Crippen molar-refractivity contribution in [3.63, 3.8) is 0 Å². The minimum Gasteiger partial charge on any atom is -0.374 e. The lowest BCUT2D eigenvalue weighted by atomic mass is 10.0. The van der Waals surface area contributed by atoms with E-state index >= 15 is 0 Å². The van der Waals surface area contributed by atoms with Crippen molar-refractivity contribution in [2.75, 3.05) is 50.8 Å². The Kier molecular flexibility index (Phi) is 6.32. The molecule has 25 heavy (non-hydrogen) atoms. The summed E-state index contributed by atoms with van der Waals surface area (Å²) in [4.78, 5) is 17.0. The molecule has 1 atom stereocenters. The van der Waals surface area contributed by atoms with Crippen LogP contribution < -0.4 is 10.2 Å². The van der Waals surface area contributed by atoms with E-state index in [4.69, 9.17) is 4.74 Å². The van der Waals surface area contributed by atoms with Gasteiger partial charge >= 0.3 is 0 Å². The summed E-state index contributed by atoms with van der Waals surface area (Å²) in [5.41, 5.74) is 2.56. The molecule has 0 spiro atoms. The topological polar surface area (TPSA) is 44.8 Å². The van der Waals surface area contributed by atoms with Crippen LogP contribution in [0.15, 0.2) is 24.3 Å². The summed E-state index contributed by atoms with van der Waals surface area (Å²) >= 11 is 0. The van der Waals surface area contributed by atoms with Gasteiger partial charge < -0.3 is 15.0 Å². The summed E-state index contributed by atoms with van der Waals surface area (Å²) in [6.45, 7) is 10.2. The summed E-state index contributed by atoms with van der Waals surface area (Å²) in [6, 6.07) is 8.41. The molecule has 0 radical (unpaired) electrons. The van der Waals surface area contributed by atoms with Gasteiger partial charge in [0.2, 0.25) is 5.91 Å². The predicted molar refractivity (Wildman–Crippen MR) is 101 cm³/mol. The fourth-order valence-electron chi connectivity index (χ4n) is 3.82. The van der Waals surface area contributed by atoms with Crippen LogP contribution in [-0.2, 0) is 16.0 Å². The Bertz CT molecular complexity index is 576. The third-order valence-corrected chi connectivity index (χ3v) is 4.91. The molecule has 1 amide bonds. The van der Waals surface area contributed by atoms with Gasteiger partial charge in [-0.25, -0.2) is 0 Å². The number of amides is 1. The highest BCUT2D eigenvalue weighted by molar-refractivity contribution is 5.81. The van der Waals surface area contributed by atoms with Crippen molar-refractivity contribution in [3.05, 3.63) is 29.8 Å². The van der Waals surface area contributed by atoms with Crippen molar-refractivity contribution in [1.29, 1.82) is 0 Å². The standard InChI is InChI=1S/C20H31N3O2/c1-16(2)13-22-10-11-25-18(14-22)12-21-20(24)15-23-9-5-7-17-6-3-4-8-19(17)23/h3-4,6,8,16,18H,5,7,9-15H2,1-2H3,(H,21,24)/t18-/m1/s1.